The van der Waals surface area contributed by atoms with Crippen LogP contribution in [-0.2, 0) is 4.79 Å². The van der Waals surface area contributed by atoms with Gasteiger partial charge in [0.15, 0.2) is 5.82 Å². The predicted octanol–water partition coefficient (Wildman–Crippen LogP) is 3.94. The summed E-state index contributed by atoms with van der Waals surface area (Å²) in [5.41, 5.74) is 2.96. The Labute approximate surface area is 194 Å². The smallest absolute Gasteiger partial charge is 0.338 e. The van der Waals surface area contributed by atoms with Gasteiger partial charge in [0.05, 0.1) is 11.2 Å². The molecule has 34 heavy (non-hydrogen) atoms. The molecule has 6 rings (SSSR count). The summed E-state index contributed by atoms with van der Waals surface area (Å²) in [6, 6.07) is 14.4. The Morgan fingerprint density at radius 1 is 1.12 bits per heavy atom. The number of carbonyl (C=O) groups is 1. The number of hydrogen-bond acceptors (Lipinski definition) is 4. The fourth-order valence-electron chi connectivity index (χ4n) is 4.51. The molecule has 0 atom stereocenters. The summed E-state index contributed by atoms with van der Waals surface area (Å²) in [5.74, 6) is 0.170. The first kappa shape index (κ1) is 20.5. The third-order valence-electron chi connectivity index (χ3n) is 6.49. The lowest BCUT2D eigenvalue weighted by Crippen LogP contribution is -2.29. The first-order chi connectivity index (χ1) is 16.6. The fourth-order valence-corrected chi connectivity index (χ4v) is 4.51. The second-order valence-corrected chi connectivity index (χ2v) is 8.89. The van der Waals surface area contributed by atoms with E-state index >= 15 is 4.39 Å². The molecular formula is C26H22FN5O2. The Morgan fingerprint density at radius 2 is 1.94 bits per heavy atom. The average Bonchev–Trinajstić information content (AvgIpc) is 3.50. The Morgan fingerprint density at radius 3 is 2.76 bits per heavy atom. The lowest BCUT2D eigenvalue weighted by atomic mass is 10.0. The van der Waals surface area contributed by atoms with Crippen molar-refractivity contribution in [2.24, 2.45) is 5.92 Å². The Hall–Kier alpha value is -4.07. The number of amides is 1. The number of likely N-dealkylation sites (tertiary alicyclic amines) is 1. The topological polar surface area (TPSA) is 83.9 Å². The molecule has 1 aliphatic carbocycles. The highest BCUT2D eigenvalue weighted by atomic mass is 19.1. The van der Waals surface area contributed by atoms with Crippen LogP contribution in [0.15, 0.2) is 65.1 Å². The minimum Gasteiger partial charge on any atom is -0.338 e. The maximum absolute atomic E-state index is 15.3. The van der Waals surface area contributed by atoms with Crippen LogP contribution in [0.5, 0.6) is 0 Å². The molecule has 1 N–H and O–H groups in total. The molecule has 7 nitrogen and oxygen atoms in total. The van der Waals surface area contributed by atoms with Gasteiger partial charge in [-0.3, -0.25) is 9.78 Å². The second kappa shape index (κ2) is 8.06. The number of halogens is 1. The predicted molar refractivity (Wildman–Crippen MR) is 127 cm³/mol. The van der Waals surface area contributed by atoms with Gasteiger partial charge in [0.1, 0.15) is 5.82 Å². The maximum atomic E-state index is 15.3. The number of rotatable bonds is 4. The van der Waals surface area contributed by atoms with Crippen molar-refractivity contribution in [3.05, 3.63) is 82.4 Å². The lowest BCUT2D eigenvalue weighted by molar-refractivity contribution is -0.131. The second-order valence-electron chi connectivity index (χ2n) is 8.89. The van der Waals surface area contributed by atoms with E-state index in [9.17, 15) is 9.59 Å². The van der Waals surface area contributed by atoms with E-state index in [1.807, 2.05) is 35.2 Å². The number of H-pyrrole nitrogens is 1. The highest BCUT2D eigenvalue weighted by Crippen LogP contribution is 2.33. The molecule has 0 bridgehead atoms. The van der Waals surface area contributed by atoms with Crippen LogP contribution in [0.25, 0.3) is 33.8 Å². The quantitative estimate of drug-likeness (QED) is 0.505. The van der Waals surface area contributed by atoms with Gasteiger partial charge in [-0.1, -0.05) is 24.3 Å². The summed E-state index contributed by atoms with van der Waals surface area (Å²) < 4.78 is 16.5. The van der Waals surface area contributed by atoms with Crippen LogP contribution >= 0.6 is 0 Å². The van der Waals surface area contributed by atoms with Gasteiger partial charge >= 0.3 is 5.69 Å². The lowest BCUT2D eigenvalue weighted by Gasteiger charge is -2.14. The van der Waals surface area contributed by atoms with Crippen molar-refractivity contribution in [1.29, 1.82) is 0 Å². The molecule has 8 heteroatoms. The molecule has 2 aliphatic rings. The van der Waals surface area contributed by atoms with Crippen LogP contribution in [0.3, 0.4) is 0 Å². The van der Waals surface area contributed by atoms with Crippen molar-refractivity contribution in [2.45, 2.75) is 19.3 Å². The molecule has 4 aromatic rings. The van der Waals surface area contributed by atoms with Crippen LogP contribution in [0.1, 0.15) is 25.1 Å². The van der Waals surface area contributed by atoms with Crippen molar-refractivity contribution in [3.8, 4) is 16.8 Å². The van der Waals surface area contributed by atoms with Gasteiger partial charge < -0.3 is 4.90 Å². The zero-order valence-electron chi connectivity index (χ0n) is 18.4. The van der Waals surface area contributed by atoms with Crippen LogP contribution in [-0.4, -0.2) is 43.6 Å². The molecule has 2 aromatic carbocycles. The summed E-state index contributed by atoms with van der Waals surface area (Å²) in [6.45, 7) is 1.19. The number of fused-ring (bicyclic) bond motifs is 1. The zero-order valence-corrected chi connectivity index (χ0v) is 18.4. The molecule has 1 amide bonds. The van der Waals surface area contributed by atoms with Gasteiger partial charge in [0.25, 0.3) is 0 Å². The molecule has 0 spiro atoms. The first-order valence-electron chi connectivity index (χ1n) is 11.4. The van der Waals surface area contributed by atoms with Crippen LogP contribution < -0.4 is 5.69 Å². The minimum absolute atomic E-state index is 0.122. The van der Waals surface area contributed by atoms with Crippen molar-refractivity contribution in [3.63, 3.8) is 0 Å². The summed E-state index contributed by atoms with van der Waals surface area (Å²) in [4.78, 5) is 31.1. The van der Waals surface area contributed by atoms with Gasteiger partial charge in [-0.05, 0) is 66.3 Å². The molecule has 0 radical (unpaired) electrons. The van der Waals surface area contributed by atoms with Crippen LogP contribution in [0, 0.1) is 11.7 Å². The number of aromatic nitrogens is 4. The summed E-state index contributed by atoms with van der Waals surface area (Å²) in [5, 5.41) is 7.53. The molecule has 2 aromatic heterocycles. The van der Waals surface area contributed by atoms with Gasteiger partial charge in [-0.25, -0.2) is 18.9 Å². The minimum atomic E-state index is -0.529. The summed E-state index contributed by atoms with van der Waals surface area (Å²) in [6.07, 6.45) is 6.16. The van der Waals surface area contributed by atoms with E-state index in [0.29, 0.717) is 24.5 Å². The van der Waals surface area contributed by atoms with Crippen molar-refractivity contribution < 1.29 is 9.18 Å². The van der Waals surface area contributed by atoms with E-state index in [0.717, 1.165) is 41.3 Å². The number of benzene rings is 2. The molecule has 0 unspecified atom stereocenters. The molecule has 170 valence electrons. The van der Waals surface area contributed by atoms with Crippen molar-refractivity contribution >= 4 is 22.9 Å². The molecular weight excluding hydrogens is 433 g/mol. The summed E-state index contributed by atoms with van der Waals surface area (Å²) in [7, 11) is 0. The van der Waals surface area contributed by atoms with Gasteiger partial charge in [0, 0.05) is 30.6 Å². The molecule has 1 saturated heterocycles. The van der Waals surface area contributed by atoms with Crippen molar-refractivity contribution in [1.82, 2.24) is 24.6 Å². The zero-order chi connectivity index (χ0) is 23.2. The molecule has 2 fully saturated rings. The highest BCUT2D eigenvalue weighted by Gasteiger charge is 2.35. The first-order valence-corrected chi connectivity index (χ1v) is 11.4. The normalized spacial score (nSPS) is 17.1. The molecule has 3 heterocycles. The van der Waals surface area contributed by atoms with E-state index in [2.05, 4.69) is 15.2 Å². The Bertz CT molecular complexity index is 1520. The number of nitrogens with zero attached hydrogens (tertiary/aromatic N) is 4. The average molecular weight is 455 g/mol. The summed E-state index contributed by atoms with van der Waals surface area (Å²) >= 11 is 0. The Kier molecular flexibility index (Phi) is 4.86. The highest BCUT2D eigenvalue weighted by molar-refractivity contribution is 5.84. The maximum Gasteiger partial charge on any atom is 0.348 e. The van der Waals surface area contributed by atoms with E-state index in [-0.39, 0.29) is 17.5 Å². The molecule has 1 aliphatic heterocycles. The van der Waals surface area contributed by atoms with Gasteiger partial charge in [-0.2, -0.15) is 5.10 Å². The monoisotopic (exact) mass is 455 g/mol. The SMILES string of the molecule is O=C(C1CC1)N1CC/C(=C\c2n[nH]c(=O)n2-c2ccc(-c3ccc4cccnc4c3)cc2F)C1. The third-order valence-corrected chi connectivity index (χ3v) is 6.49. The van der Waals surface area contributed by atoms with Gasteiger partial charge in [-0.15, -0.1) is 0 Å². The number of pyridine rings is 1. The van der Waals surface area contributed by atoms with Crippen LogP contribution in [0.4, 0.5) is 4.39 Å². The standard InChI is InChI=1S/C26H22FN5O2/c27-21-13-19(20-6-3-17-2-1-10-28-22(17)14-20)7-8-23(21)32-24(29-30-26(32)34)12-16-9-11-31(15-16)25(33)18-4-5-18/h1-3,6-8,10,12-14,18H,4-5,9,11,15H2,(H,30,34)/b16-12+. The molecule has 1 saturated carbocycles. The third kappa shape index (κ3) is 3.71. The van der Waals surface area contributed by atoms with E-state index in [1.165, 1.54) is 10.6 Å². The van der Waals surface area contributed by atoms with E-state index in [1.54, 1.807) is 24.4 Å². The fraction of sp³-hybridized carbons (Fsp3) is 0.231. The number of nitrogens with one attached hydrogen (secondary N) is 1. The Balaban J connectivity index is 1.31. The number of hydrogen-bond donors (Lipinski definition) is 1. The van der Waals surface area contributed by atoms with Crippen molar-refractivity contribution in [2.75, 3.05) is 13.1 Å². The number of aromatic amines is 1. The number of carbonyl (C=O) groups excluding carboxylic acids is 1. The van der Waals surface area contributed by atoms with E-state index in [4.69, 9.17) is 0 Å². The largest absolute Gasteiger partial charge is 0.348 e. The van der Waals surface area contributed by atoms with Crippen LogP contribution in [0.2, 0.25) is 0 Å². The van der Waals surface area contributed by atoms with Gasteiger partial charge in [0.2, 0.25) is 5.91 Å². The van der Waals surface area contributed by atoms with E-state index < -0.39 is 11.5 Å².